The molecule has 86 valence electrons. The van der Waals surface area contributed by atoms with E-state index >= 15 is 0 Å². The minimum atomic E-state index is -0.335. The van der Waals surface area contributed by atoms with E-state index in [1.54, 1.807) is 0 Å². The zero-order chi connectivity index (χ0) is 11.8. The van der Waals surface area contributed by atoms with Crippen molar-refractivity contribution < 1.29 is 14.3 Å². The van der Waals surface area contributed by atoms with E-state index in [1.807, 2.05) is 30.3 Å². The van der Waals surface area contributed by atoms with Gasteiger partial charge in [-0.15, -0.1) is 0 Å². The molecule has 16 heavy (non-hydrogen) atoms. The van der Waals surface area contributed by atoms with Gasteiger partial charge >= 0.3 is 5.97 Å². The van der Waals surface area contributed by atoms with Crippen LogP contribution < -0.4 is 0 Å². The van der Waals surface area contributed by atoms with Gasteiger partial charge in [-0.1, -0.05) is 46.3 Å². The van der Waals surface area contributed by atoms with Gasteiger partial charge in [0.15, 0.2) is 0 Å². The van der Waals surface area contributed by atoms with Gasteiger partial charge in [0.25, 0.3) is 0 Å². The first-order valence-electron chi connectivity index (χ1n) is 4.99. The standard InChI is InChI=1S/C12H13BrO3/c13-8-11(14)6-7-12(15)16-9-10-4-2-1-3-5-10/h1-5H,6-9H2. The molecule has 0 aliphatic carbocycles. The zero-order valence-electron chi connectivity index (χ0n) is 8.82. The Hall–Kier alpha value is -1.16. The van der Waals surface area contributed by atoms with E-state index in [0.29, 0.717) is 5.33 Å². The van der Waals surface area contributed by atoms with Crippen LogP contribution in [0.5, 0.6) is 0 Å². The summed E-state index contributed by atoms with van der Waals surface area (Å²) in [6, 6.07) is 9.45. The molecule has 1 aromatic carbocycles. The van der Waals surface area contributed by atoms with E-state index in [1.165, 1.54) is 0 Å². The Morgan fingerprint density at radius 3 is 2.44 bits per heavy atom. The van der Waals surface area contributed by atoms with Gasteiger partial charge in [0, 0.05) is 6.42 Å². The van der Waals surface area contributed by atoms with Crippen molar-refractivity contribution in [1.29, 1.82) is 0 Å². The number of alkyl halides is 1. The highest BCUT2D eigenvalue weighted by Gasteiger charge is 2.06. The fourth-order valence-corrected chi connectivity index (χ4v) is 1.40. The third-order valence-electron chi connectivity index (χ3n) is 2.00. The lowest BCUT2D eigenvalue weighted by molar-refractivity contribution is -0.145. The fraction of sp³-hybridized carbons (Fsp3) is 0.333. The first-order valence-corrected chi connectivity index (χ1v) is 6.11. The number of benzene rings is 1. The molecule has 0 fully saturated rings. The normalized spacial score (nSPS) is 9.81. The van der Waals surface area contributed by atoms with Crippen molar-refractivity contribution in [2.24, 2.45) is 0 Å². The smallest absolute Gasteiger partial charge is 0.306 e. The number of carbonyl (C=O) groups is 2. The summed E-state index contributed by atoms with van der Waals surface area (Å²) in [5.74, 6) is -0.324. The highest BCUT2D eigenvalue weighted by Crippen LogP contribution is 2.03. The highest BCUT2D eigenvalue weighted by atomic mass is 79.9. The lowest BCUT2D eigenvalue weighted by Crippen LogP contribution is -2.08. The molecule has 0 aliphatic rings. The lowest BCUT2D eigenvalue weighted by atomic mass is 10.2. The number of hydrogen-bond acceptors (Lipinski definition) is 3. The highest BCUT2D eigenvalue weighted by molar-refractivity contribution is 9.09. The maximum Gasteiger partial charge on any atom is 0.306 e. The summed E-state index contributed by atoms with van der Waals surface area (Å²) in [6.45, 7) is 0.266. The third kappa shape index (κ3) is 5.07. The maximum atomic E-state index is 11.2. The number of halogens is 1. The second-order valence-corrected chi connectivity index (χ2v) is 3.88. The van der Waals surface area contributed by atoms with Crippen LogP contribution in [0.3, 0.4) is 0 Å². The molecule has 3 nitrogen and oxygen atoms in total. The summed E-state index contributed by atoms with van der Waals surface area (Å²) in [6.07, 6.45) is 0.385. The molecule has 4 heteroatoms. The summed E-state index contributed by atoms with van der Waals surface area (Å²) in [5, 5.41) is 0.291. The number of esters is 1. The summed E-state index contributed by atoms with van der Waals surface area (Å²) in [7, 11) is 0. The van der Waals surface area contributed by atoms with Crippen molar-refractivity contribution in [3.05, 3.63) is 35.9 Å². The van der Waals surface area contributed by atoms with E-state index in [4.69, 9.17) is 4.74 Å². The second-order valence-electron chi connectivity index (χ2n) is 3.32. The van der Waals surface area contributed by atoms with Crippen molar-refractivity contribution in [2.45, 2.75) is 19.4 Å². The molecule has 0 spiro atoms. The van der Waals surface area contributed by atoms with Gasteiger partial charge in [0.1, 0.15) is 12.4 Å². The van der Waals surface area contributed by atoms with Crippen molar-refractivity contribution in [3.63, 3.8) is 0 Å². The summed E-state index contributed by atoms with van der Waals surface area (Å²) < 4.78 is 5.02. The molecule has 0 heterocycles. The number of rotatable bonds is 6. The lowest BCUT2D eigenvalue weighted by Gasteiger charge is -2.03. The Kier molecular flexibility index (Phi) is 5.78. The SMILES string of the molecule is O=C(CBr)CCC(=O)OCc1ccccc1. The molecule has 0 atom stereocenters. The van der Waals surface area contributed by atoms with Gasteiger partial charge in [0.2, 0.25) is 0 Å². The molecule has 0 radical (unpaired) electrons. The minimum Gasteiger partial charge on any atom is -0.461 e. The quantitative estimate of drug-likeness (QED) is 0.595. The second kappa shape index (κ2) is 7.17. The van der Waals surface area contributed by atoms with Gasteiger partial charge in [-0.2, -0.15) is 0 Å². The van der Waals surface area contributed by atoms with Crippen molar-refractivity contribution >= 4 is 27.7 Å². The van der Waals surface area contributed by atoms with Crippen LogP contribution in [-0.2, 0) is 20.9 Å². The molecule has 0 bridgehead atoms. The maximum absolute atomic E-state index is 11.2. The summed E-state index contributed by atoms with van der Waals surface area (Å²) in [5.41, 5.74) is 0.947. The van der Waals surface area contributed by atoms with E-state index in [0.717, 1.165) is 5.56 Å². The van der Waals surface area contributed by atoms with Gasteiger partial charge < -0.3 is 4.74 Å². The zero-order valence-corrected chi connectivity index (χ0v) is 10.4. The topological polar surface area (TPSA) is 43.4 Å². The molecule has 1 aromatic rings. The molecule has 0 saturated carbocycles. The van der Waals surface area contributed by atoms with Crippen LogP contribution in [0.25, 0.3) is 0 Å². The molecule has 0 saturated heterocycles. The van der Waals surface area contributed by atoms with Crippen LogP contribution in [0.4, 0.5) is 0 Å². The molecule has 0 aromatic heterocycles. The van der Waals surface area contributed by atoms with E-state index < -0.39 is 0 Å². The average molecular weight is 285 g/mol. The van der Waals surface area contributed by atoms with Crippen LogP contribution in [0.15, 0.2) is 30.3 Å². The molecule has 0 aliphatic heterocycles. The van der Waals surface area contributed by atoms with E-state index in [-0.39, 0.29) is 31.2 Å². The summed E-state index contributed by atoms with van der Waals surface area (Å²) >= 11 is 3.04. The molecule has 0 amide bonds. The van der Waals surface area contributed by atoms with Crippen molar-refractivity contribution in [1.82, 2.24) is 0 Å². The van der Waals surface area contributed by atoms with Crippen LogP contribution >= 0.6 is 15.9 Å². The molecule has 0 N–H and O–H groups in total. The number of ether oxygens (including phenoxy) is 1. The number of hydrogen-bond donors (Lipinski definition) is 0. The van der Waals surface area contributed by atoms with Gasteiger partial charge in [-0.25, -0.2) is 0 Å². The van der Waals surface area contributed by atoms with Crippen LogP contribution in [0.2, 0.25) is 0 Å². The third-order valence-corrected chi connectivity index (χ3v) is 2.63. The van der Waals surface area contributed by atoms with Gasteiger partial charge in [0.05, 0.1) is 11.8 Å². The fourth-order valence-electron chi connectivity index (χ4n) is 1.12. The van der Waals surface area contributed by atoms with Crippen LogP contribution in [0.1, 0.15) is 18.4 Å². The van der Waals surface area contributed by atoms with Crippen LogP contribution in [-0.4, -0.2) is 17.1 Å². The first-order chi connectivity index (χ1) is 7.72. The number of carbonyl (C=O) groups excluding carboxylic acids is 2. The average Bonchev–Trinajstić information content (AvgIpc) is 2.34. The predicted molar refractivity (Wildman–Crippen MR) is 64.3 cm³/mol. The van der Waals surface area contributed by atoms with Crippen molar-refractivity contribution in [3.8, 4) is 0 Å². The number of ketones is 1. The molecule has 0 unspecified atom stereocenters. The molecular weight excluding hydrogens is 272 g/mol. The predicted octanol–water partition coefficient (Wildman–Crippen LogP) is 2.47. The Morgan fingerprint density at radius 1 is 1.12 bits per heavy atom. The Morgan fingerprint density at radius 2 is 1.81 bits per heavy atom. The number of Topliss-reactive ketones (excluding diaryl/α,β-unsaturated/α-hetero) is 1. The molecular formula is C12H13BrO3. The van der Waals surface area contributed by atoms with Crippen LogP contribution in [0, 0.1) is 0 Å². The van der Waals surface area contributed by atoms with Gasteiger partial charge in [-0.3, -0.25) is 9.59 Å². The first kappa shape index (κ1) is 12.9. The Balaban J connectivity index is 2.23. The van der Waals surface area contributed by atoms with E-state index in [2.05, 4.69) is 15.9 Å². The van der Waals surface area contributed by atoms with Crippen molar-refractivity contribution in [2.75, 3.05) is 5.33 Å². The summed E-state index contributed by atoms with van der Waals surface area (Å²) in [4.78, 5) is 22.2. The Labute approximate surface area is 103 Å². The van der Waals surface area contributed by atoms with Gasteiger partial charge in [-0.05, 0) is 5.56 Å². The largest absolute Gasteiger partial charge is 0.461 e. The minimum absolute atomic E-state index is 0.0108. The molecule has 1 rings (SSSR count). The Bertz CT molecular complexity index is 349. The monoisotopic (exact) mass is 284 g/mol. The van der Waals surface area contributed by atoms with E-state index in [9.17, 15) is 9.59 Å².